The molecule has 0 atom stereocenters. The van der Waals surface area contributed by atoms with Crippen LogP contribution in [-0.2, 0) is 4.74 Å². The minimum absolute atomic E-state index is 0.772. The summed E-state index contributed by atoms with van der Waals surface area (Å²) in [6.45, 7) is 7.36. The first-order valence-electron chi connectivity index (χ1n) is 6.56. The predicted octanol–water partition coefficient (Wildman–Crippen LogP) is 1.69. The second kappa shape index (κ2) is 6.76. The second-order valence-corrected chi connectivity index (χ2v) is 3.79. The van der Waals surface area contributed by atoms with Crippen LogP contribution in [0.5, 0.6) is 0 Å². The summed E-state index contributed by atoms with van der Waals surface area (Å²) in [5.41, 5.74) is 7.93. The molecule has 2 aliphatic rings. The van der Waals surface area contributed by atoms with Crippen LogP contribution in [0.4, 0.5) is 0 Å². The van der Waals surface area contributed by atoms with Crippen molar-refractivity contribution >= 4 is 5.70 Å². The van der Waals surface area contributed by atoms with Crippen molar-refractivity contribution in [2.75, 3.05) is 26.3 Å². The Labute approximate surface area is 113 Å². The molecule has 1 fully saturated rings. The number of aromatic nitrogens is 3. The first-order valence-corrected chi connectivity index (χ1v) is 6.56. The Balaban J connectivity index is 0.000000637. The van der Waals surface area contributed by atoms with Gasteiger partial charge >= 0.3 is 0 Å². The minimum atomic E-state index is 0.772. The molecule has 5 heteroatoms. The van der Waals surface area contributed by atoms with Crippen molar-refractivity contribution in [1.29, 1.82) is 0 Å². The van der Waals surface area contributed by atoms with Crippen LogP contribution in [0, 0.1) is 0 Å². The Morgan fingerprint density at radius 2 is 1.84 bits per heavy atom. The topological polar surface area (TPSA) is 43.2 Å². The van der Waals surface area contributed by atoms with Gasteiger partial charge in [0.25, 0.3) is 0 Å². The standard InChI is InChI=1S/C12H12N4O.C2H6/c1-2-11(15-6-8-17-9-7-15)10-12(3-1)16-13-4-5-14-16;1-2/h2,4-5,10H,6-9H2;1-2H3. The minimum Gasteiger partial charge on any atom is -0.378 e. The van der Waals surface area contributed by atoms with Gasteiger partial charge in [0.2, 0.25) is 0 Å². The molecule has 1 saturated heterocycles. The van der Waals surface area contributed by atoms with Gasteiger partial charge in [-0.05, 0) is 11.8 Å². The third kappa shape index (κ3) is 3.24. The molecule has 0 aromatic carbocycles. The molecule has 0 unspecified atom stereocenters. The number of ether oxygens (including phenoxy) is 1. The fourth-order valence-electron chi connectivity index (χ4n) is 1.85. The lowest BCUT2D eigenvalue weighted by Crippen LogP contribution is -2.35. The average molecular weight is 258 g/mol. The van der Waals surface area contributed by atoms with E-state index in [1.165, 1.54) is 0 Å². The highest BCUT2D eigenvalue weighted by atomic mass is 16.5. The summed E-state index contributed by atoms with van der Waals surface area (Å²) in [4.78, 5) is 3.81. The molecular weight excluding hydrogens is 240 g/mol. The first-order chi connectivity index (χ1) is 9.43. The van der Waals surface area contributed by atoms with Gasteiger partial charge in [-0.1, -0.05) is 19.6 Å². The molecule has 0 bridgehead atoms. The Bertz CT molecular complexity index is 526. The molecule has 0 saturated carbocycles. The zero-order valence-corrected chi connectivity index (χ0v) is 11.3. The van der Waals surface area contributed by atoms with Crippen LogP contribution in [0.15, 0.2) is 41.7 Å². The molecule has 2 heterocycles. The van der Waals surface area contributed by atoms with Gasteiger partial charge in [-0.15, -0.1) is 4.80 Å². The zero-order chi connectivity index (χ0) is 13.5. The van der Waals surface area contributed by atoms with Gasteiger partial charge in [-0.25, -0.2) is 0 Å². The second-order valence-electron chi connectivity index (χ2n) is 3.79. The van der Waals surface area contributed by atoms with Crippen LogP contribution in [0.1, 0.15) is 13.8 Å². The van der Waals surface area contributed by atoms with Crippen molar-refractivity contribution < 1.29 is 4.74 Å². The van der Waals surface area contributed by atoms with E-state index in [-0.39, 0.29) is 0 Å². The molecule has 5 nitrogen and oxygen atoms in total. The quantitative estimate of drug-likeness (QED) is 0.757. The summed E-state index contributed by atoms with van der Waals surface area (Å²) < 4.78 is 5.33. The maximum absolute atomic E-state index is 5.33. The van der Waals surface area contributed by atoms with E-state index < -0.39 is 0 Å². The summed E-state index contributed by atoms with van der Waals surface area (Å²) in [6, 6.07) is 0. The van der Waals surface area contributed by atoms with Crippen molar-refractivity contribution in [2.24, 2.45) is 0 Å². The lowest BCUT2D eigenvalue weighted by molar-refractivity contribution is 0.0554. The number of nitrogens with zero attached hydrogens (tertiary/aromatic N) is 4. The molecule has 3 rings (SSSR count). The van der Waals surface area contributed by atoms with Gasteiger partial charge in [0.15, 0.2) is 0 Å². The van der Waals surface area contributed by atoms with Crippen molar-refractivity contribution in [3.8, 4) is 0 Å². The van der Waals surface area contributed by atoms with E-state index in [0.29, 0.717) is 0 Å². The number of allylic oxidation sites excluding steroid dienone is 3. The highest BCUT2D eigenvalue weighted by molar-refractivity contribution is 5.58. The maximum atomic E-state index is 5.33. The molecule has 1 aromatic rings. The van der Waals surface area contributed by atoms with Gasteiger partial charge in [0.05, 0.1) is 25.6 Å². The Kier molecular flexibility index (Phi) is 4.76. The van der Waals surface area contributed by atoms with Crippen molar-refractivity contribution in [1.82, 2.24) is 19.9 Å². The summed E-state index contributed by atoms with van der Waals surface area (Å²) in [5, 5.41) is 8.17. The van der Waals surface area contributed by atoms with Crippen LogP contribution in [-0.4, -0.2) is 46.2 Å². The Hall–Kier alpha value is -2.06. The average Bonchev–Trinajstić information content (AvgIpc) is 3.05. The predicted molar refractivity (Wildman–Crippen MR) is 73.1 cm³/mol. The van der Waals surface area contributed by atoms with E-state index in [9.17, 15) is 0 Å². The van der Waals surface area contributed by atoms with E-state index in [0.717, 1.165) is 37.7 Å². The van der Waals surface area contributed by atoms with Gasteiger partial charge in [0, 0.05) is 24.9 Å². The van der Waals surface area contributed by atoms with Gasteiger partial charge in [-0.2, -0.15) is 10.2 Å². The summed E-state index contributed by atoms with van der Waals surface area (Å²) in [5.74, 6) is 0. The molecule has 0 radical (unpaired) electrons. The van der Waals surface area contributed by atoms with Crippen LogP contribution in [0.2, 0.25) is 0 Å². The van der Waals surface area contributed by atoms with E-state index in [4.69, 9.17) is 4.74 Å². The smallest absolute Gasteiger partial charge is 0.138 e. The Morgan fingerprint density at radius 1 is 1.16 bits per heavy atom. The largest absolute Gasteiger partial charge is 0.378 e. The number of rotatable bonds is 2. The van der Waals surface area contributed by atoms with Crippen LogP contribution in [0.3, 0.4) is 0 Å². The molecule has 1 aliphatic carbocycles. The lowest BCUT2D eigenvalue weighted by atomic mass is 10.2. The molecule has 1 aromatic heterocycles. The van der Waals surface area contributed by atoms with Crippen molar-refractivity contribution in [3.63, 3.8) is 0 Å². The summed E-state index contributed by atoms with van der Waals surface area (Å²) in [7, 11) is 0. The third-order valence-corrected chi connectivity index (χ3v) is 2.72. The van der Waals surface area contributed by atoms with Gasteiger partial charge < -0.3 is 9.64 Å². The van der Waals surface area contributed by atoms with Crippen LogP contribution >= 0.6 is 0 Å². The molecule has 100 valence electrons. The molecule has 1 aliphatic heterocycles. The first kappa shape index (κ1) is 13.4. The van der Waals surface area contributed by atoms with Gasteiger partial charge in [-0.3, -0.25) is 0 Å². The molecular formula is C14H18N4O. The number of morpholine rings is 1. The van der Waals surface area contributed by atoms with E-state index in [2.05, 4.69) is 26.6 Å². The maximum Gasteiger partial charge on any atom is 0.138 e. The SMILES string of the molecule is C1=C=C(n2nccn2)C=C(N2CCOCC2)C=1.CC. The van der Waals surface area contributed by atoms with E-state index >= 15 is 0 Å². The van der Waals surface area contributed by atoms with E-state index in [1.54, 1.807) is 17.2 Å². The zero-order valence-electron chi connectivity index (χ0n) is 11.3. The molecule has 0 amide bonds. The Morgan fingerprint density at radius 3 is 2.53 bits per heavy atom. The van der Waals surface area contributed by atoms with Crippen molar-refractivity contribution in [3.05, 3.63) is 41.7 Å². The molecule has 0 spiro atoms. The monoisotopic (exact) mass is 258 g/mol. The lowest BCUT2D eigenvalue weighted by Gasteiger charge is -2.29. The fraction of sp³-hybridized carbons (Fsp3) is 0.429. The molecule has 0 N–H and O–H groups in total. The summed E-state index contributed by atoms with van der Waals surface area (Å²) in [6.07, 6.45) is 7.24. The number of hydrogen-bond acceptors (Lipinski definition) is 4. The fourth-order valence-corrected chi connectivity index (χ4v) is 1.85. The summed E-state index contributed by atoms with van der Waals surface area (Å²) >= 11 is 0. The highest BCUT2D eigenvalue weighted by Crippen LogP contribution is 2.15. The number of hydrogen-bond donors (Lipinski definition) is 0. The third-order valence-electron chi connectivity index (χ3n) is 2.72. The van der Waals surface area contributed by atoms with Crippen LogP contribution in [0.25, 0.3) is 5.70 Å². The normalized spacial score (nSPS) is 17.5. The highest BCUT2D eigenvalue weighted by Gasteiger charge is 2.13. The van der Waals surface area contributed by atoms with Gasteiger partial charge in [0.1, 0.15) is 5.70 Å². The van der Waals surface area contributed by atoms with Crippen molar-refractivity contribution in [2.45, 2.75) is 13.8 Å². The molecule has 19 heavy (non-hydrogen) atoms. The van der Waals surface area contributed by atoms with Crippen LogP contribution < -0.4 is 0 Å². The van der Waals surface area contributed by atoms with E-state index in [1.807, 2.05) is 26.0 Å².